The van der Waals surface area contributed by atoms with Crippen LogP contribution in [-0.2, 0) is 4.79 Å². The van der Waals surface area contributed by atoms with Crippen molar-refractivity contribution in [1.29, 1.82) is 0 Å². The van der Waals surface area contributed by atoms with Crippen LogP contribution < -0.4 is 14.8 Å². The molecule has 2 aromatic carbocycles. The Morgan fingerprint density at radius 3 is 2.83 bits per heavy atom. The normalized spacial score (nSPS) is 17.7. The third kappa shape index (κ3) is 6.13. The standard InChI is InChI=1S/C21H24F2N2O4/c1-14(26)24-20-4-2-3-5-21(20)28-13-15(27)11-25-9-8-17(12-25)29-16-6-7-18(22)19(23)10-16/h2-7,10,15,17,27H,8-9,11-13H2,1H3,(H,24,26). The van der Waals surface area contributed by atoms with E-state index in [0.29, 0.717) is 31.1 Å². The number of ether oxygens (including phenoxy) is 2. The first kappa shape index (κ1) is 21.0. The summed E-state index contributed by atoms with van der Waals surface area (Å²) in [7, 11) is 0. The molecule has 0 spiro atoms. The average Bonchev–Trinajstić information content (AvgIpc) is 3.10. The number of likely N-dealkylation sites (tertiary alicyclic amines) is 1. The lowest BCUT2D eigenvalue weighted by molar-refractivity contribution is -0.114. The fourth-order valence-electron chi connectivity index (χ4n) is 3.22. The molecule has 0 aromatic heterocycles. The first-order valence-electron chi connectivity index (χ1n) is 9.42. The van der Waals surface area contributed by atoms with Gasteiger partial charge in [-0.05, 0) is 30.7 Å². The summed E-state index contributed by atoms with van der Waals surface area (Å²) in [4.78, 5) is 13.3. The summed E-state index contributed by atoms with van der Waals surface area (Å²) in [6.45, 7) is 3.16. The molecule has 2 atom stereocenters. The third-order valence-corrected chi connectivity index (χ3v) is 4.52. The molecule has 1 amide bonds. The van der Waals surface area contributed by atoms with Gasteiger partial charge < -0.3 is 19.9 Å². The number of rotatable bonds is 8. The van der Waals surface area contributed by atoms with E-state index in [4.69, 9.17) is 9.47 Å². The minimum atomic E-state index is -0.940. The van der Waals surface area contributed by atoms with Gasteiger partial charge in [0.25, 0.3) is 0 Å². The Morgan fingerprint density at radius 1 is 1.28 bits per heavy atom. The van der Waals surface area contributed by atoms with Crippen LogP contribution >= 0.6 is 0 Å². The van der Waals surface area contributed by atoms with E-state index in [0.717, 1.165) is 18.6 Å². The van der Waals surface area contributed by atoms with Crippen molar-refractivity contribution in [1.82, 2.24) is 4.90 Å². The van der Waals surface area contributed by atoms with Crippen molar-refractivity contribution < 1.29 is 28.2 Å². The summed E-state index contributed by atoms with van der Waals surface area (Å²) >= 11 is 0. The van der Waals surface area contributed by atoms with Crippen LogP contribution in [0.25, 0.3) is 0 Å². The molecule has 29 heavy (non-hydrogen) atoms. The largest absolute Gasteiger partial charge is 0.489 e. The van der Waals surface area contributed by atoms with Crippen molar-refractivity contribution in [2.24, 2.45) is 0 Å². The molecule has 0 radical (unpaired) electrons. The van der Waals surface area contributed by atoms with Crippen LogP contribution in [0.15, 0.2) is 42.5 Å². The Morgan fingerprint density at radius 2 is 2.07 bits per heavy atom. The van der Waals surface area contributed by atoms with E-state index in [-0.39, 0.29) is 24.4 Å². The number of halogens is 2. The van der Waals surface area contributed by atoms with Crippen LogP contribution in [0.1, 0.15) is 13.3 Å². The summed E-state index contributed by atoms with van der Waals surface area (Å²) in [5.74, 6) is -1.28. The number of carbonyl (C=O) groups excluding carboxylic acids is 1. The molecule has 1 aliphatic heterocycles. The highest BCUT2D eigenvalue weighted by molar-refractivity contribution is 5.90. The Bertz CT molecular complexity index is 849. The number of nitrogens with one attached hydrogen (secondary N) is 1. The number of para-hydroxylation sites is 2. The second kappa shape index (κ2) is 9.67. The molecule has 8 heteroatoms. The van der Waals surface area contributed by atoms with E-state index >= 15 is 0 Å². The fraction of sp³-hybridized carbons (Fsp3) is 0.381. The number of hydrogen-bond acceptors (Lipinski definition) is 5. The average molecular weight is 406 g/mol. The molecule has 1 aliphatic rings. The van der Waals surface area contributed by atoms with Gasteiger partial charge in [0, 0.05) is 32.6 Å². The Hall–Kier alpha value is -2.71. The third-order valence-electron chi connectivity index (χ3n) is 4.52. The van der Waals surface area contributed by atoms with Gasteiger partial charge in [-0.2, -0.15) is 0 Å². The fourth-order valence-corrected chi connectivity index (χ4v) is 3.22. The van der Waals surface area contributed by atoms with Gasteiger partial charge in [-0.25, -0.2) is 8.78 Å². The van der Waals surface area contributed by atoms with Crippen molar-refractivity contribution in [3.05, 3.63) is 54.1 Å². The number of benzene rings is 2. The maximum atomic E-state index is 13.3. The Labute approximate surface area is 168 Å². The van der Waals surface area contributed by atoms with E-state index < -0.39 is 17.7 Å². The van der Waals surface area contributed by atoms with Gasteiger partial charge in [0.1, 0.15) is 30.3 Å². The first-order chi connectivity index (χ1) is 13.9. The topological polar surface area (TPSA) is 71.0 Å². The number of nitrogens with zero attached hydrogens (tertiary/aromatic N) is 1. The number of aliphatic hydroxyl groups excluding tert-OH is 1. The van der Waals surface area contributed by atoms with Crippen LogP contribution in [-0.4, -0.2) is 54.4 Å². The zero-order valence-electron chi connectivity index (χ0n) is 16.1. The SMILES string of the molecule is CC(=O)Nc1ccccc1OCC(O)CN1CCC(Oc2ccc(F)c(F)c2)C1. The number of hydrogen-bond donors (Lipinski definition) is 2. The smallest absolute Gasteiger partial charge is 0.221 e. The van der Waals surface area contributed by atoms with Gasteiger partial charge in [-0.15, -0.1) is 0 Å². The van der Waals surface area contributed by atoms with E-state index in [9.17, 15) is 18.7 Å². The van der Waals surface area contributed by atoms with Crippen LogP contribution in [0.3, 0.4) is 0 Å². The number of amides is 1. The van der Waals surface area contributed by atoms with Crippen molar-refractivity contribution in [3.8, 4) is 11.5 Å². The number of β-amino-alcohol motifs (C(OH)–C–C–N with tert-alkyl or cyclic N) is 1. The molecule has 0 saturated carbocycles. The molecular weight excluding hydrogens is 382 g/mol. The predicted molar refractivity (Wildman–Crippen MR) is 104 cm³/mol. The molecule has 2 N–H and O–H groups in total. The Balaban J connectivity index is 1.45. The maximum absolute atomic E-state index is 13.3. The summed E-state index contributed by atoms with van der Waals surface area (Å²) in [5, 5.41) is 13.0. The van der Waals surface area contributed by atoms with Gasteiger partial charge in [0.05, 0.1) is 5.69 Å². The van der Waals surface area contributed by atoms with E-state index in [1.807, 2.05) is 4.90 Å². The minimum absolute atomic E-state index is 0.0712. The molecule has 0 aliphatic carbocycles. The number of aliphatic hydroxyl groups is 1. The molecule has 1 heterocycles. The number of anilines is 1. The molecule has 2 unspecified atom stereocenters. The molecular formula is C21H24F2N2O4. The summed E-state index contributed by atoms with van der Waals surface area (Å²) in [6, 6.07) is 10.5. The molecule has 1 fully saturated rings. The molecule has 3 rings (SSSR count). The second-order valence-corrected chi connectivity index (χ2v) is 7.01. The van der Waals surface area contributed by atoms with Gasteiger partial charge in [-0.1, -0.05) is 12.1 Å². The van der Waals surface area contributed by atoms with Crippen LogP contribution in [0.2, 0.25) is 0 Å². The molecule has 2 aromatic rings. The highest BCUT2D eigenvalue weighted by Crippen LogP contribution is 2.24. The highest BCUT2D eigenvalue weighted by atomic mass is 19.2. The molecule has 1 saturated heterocycles. The van der Waals surface area contributed by atoms with Gasteiger partial charge in [-0.3, -0.25) is 9.69 Å². The Kier molecular flexibility index (Phi) is 7.00. The van der Waals surface area contributed by atoms with Crippen molar-refractivity contribution in [2.45, 2.75) is 25.6 Å². The lowest BCUT2D eigenvalue weighted by Crippen LogP contribution is -2.35. The molecule has 156 valence electrons. The van der Waals surface area contributed by atoms with Crippen LogP contribution in [0, 0.1) is 11.6 Å². The van der Waals surface area contributed by atoms with Crippen LogP contribution in [0.4, 0.5) is 14.5 Å². The monoisotopic (exact) mass is 406 g/mol. The lowest BCUT2D eigenvalue weighted by atomic mass is 10.3. The van der Waals surface area contributed by atoms with Crippen molar-refractivity contribution >= 4 is 11.6 Å². The van der Waals surface area contributed by atoms with Gasteiger partial charge in [0.15, 0.2) is 11.6 Å². The summed E-state index contributed by atoms with van der Waals surface area (Å²) < 4.78 is 37.7. The van der Waals surface area contributed by atoms with E-state index in [1.54, 1.807) is 24.3 Å². The van der Waals surface area contributed by atoms with E-state index in [1.165, 1.54) is 13.0 Å². The lowest BCUT2D eigenvalue weighted by Gasteiger charge is -2.21. The summed E-state index contributed by atoms with van der Waals surface area (Å²) in [5.41, 5.74) is 0.549. The quantitative estimate of drug-likeness (QED) is 0.706. The van der Waals surface area contributed by atoms with Crippen molar-refractivity contribution in [3.63, 3.8) is 0 Å². The second-order valence-electron chi connectivity index (χ2n) is 7.01. The van der Waals surface area contributed by atoms with Crippen molar-refractivity contribution in [2.75, 3.05) is 31.6 Å². The molecule has 6 nitrogen and oxygen atoms in total. The van der Waals surface area contributed by atoms with E-state index in [2.05, 4.69) is 5.32 Å². The zero-order chi connectivity index (χ0) is 20.8. The minimum Gasteiger partial charge on any atom is -0.489 e. The van der Waals surface area contributed by atoms with Crippen LogP contribution in [0.5, 0.6) is 11.5 Å². The first-order valence-corrected chi connectivity index (χ1v) is 9.42. The van der Waals surface area contributed by atoms with Gasteiger partial charge >= 0.3 is 0 Å². The zero-order valence-corrected chi connectivity index (χ0v) is 16.1. The maximum Gasteiger partial charge on any atom is 0.221 e. The molecule has 0 bridgehead atoms. The highest BCUT2D eigenvalue weighted by Gasteiger charge is 2.26. The predicted octanol–water partition coefficient (Wildman–Crippen LogP) is 2.82. The van der Waals surface area contributed by atoms with Gasteiger partial charge in [0.2, 0.25) is 5.91 Å². The number of carbonyl (C=O) groups is 1. The summed E-state index contributed by atoms with van der Waals surface area (Å²) in [6.07, 6.45) is -0.173.